The van der Waals surface area contributed by atoms with Crippen LogP contribution in [0, 0.1) is 0 Å². The molecule has 2 aromatic carbocycles. The Balaban J connectivity index is 1.37. The summed E-state index contributed by atoms with van der Waals surface area (Å²) in [4.78, 5) is 38.0. The van der Waals surface area contributed by atoms with E-state index in [1.165, 1.54) is 18.3 Å². The lowest BCUT2D eigenvalue weighted by atomic mass is 10.1. The molecule has 0 bridgehead atoms. The number of halogens is 1. The van der Waals surface area contributed by atoms with E-state index in [1.54, 1.807) is 48.7 Å². The molecule has 0 aliphatic carbocycles. The van der Waals surface area contributed by atoms with Crippen LogP contribution in [0.1, 0.15) is 57.3 Å². The Morgan fingerprint density at radius 1 is 0.923 bits per heavy atom. The topological polar surface area (TPSA) is 120 Å². The quantitative estimate of drug-likeness (QED) is 0.142. The van der Waals surface area contributed by atoms with Crippen molar-refractivity contribution in [3.63, 3.8) is 0 Å². The highest BCUT2D eigenvalue weighted by Crippen LogP contribution is 2.39. The van der Waals surface area contributed by atoms with Crippen molar-refractivity contribution < 1.29 is 19.5 Å². The first-order valence-electron chi connectivity index (χ1n) is 11.8. The van der Waals surface area contributed by atoms with E-state index in [-0.39, 0.29) is 23.6 Å². The molecule has 3 amide bonds. The molecule has 1 atom stereocenters. The molecule has 4 aromatic rings. The van der Waals surface area contributed by atoms with E-state index >= 15 is 0 Å². The highest BCUT2D eigenvalue weighted by atomic mass is 35.5. The van der Waals surface area contributed by atoms with E-state index in [0.717, 1.165) is 22.5 Å². The molecule has 0 aliphatic heterocycles. The second-order valence-electron chi connectivity index (χ2n) is 8.63. The zero-order chi connectivity index (χ0) is 28.1. The number of carbonyl (C=O) groups is 3. The SMILES string of the molecule is CC(=O)Nc1ccc(C(C)NC(=O)c2ccc(C(=O)NN=C(C)c3csc(-c4ccc(Cl)cc4)c3O)s2)cc1. The Bertz CT molecular complexity index is 1540. The normalized spacial score (nSPS) is 12.1. The molecule has 8 nitrogen and oxygen atoms in total. The van der Waals surface area contributed by atoms with Gasteiger partial charge < -0.3 is 15.7 Å². The van der Waals surface area contributed by atoms with Crippen molar-refractivity contribution in [3.05, 3.63) is 91.9 Å². The third-order valence-corrected chi connectivity index (χ3v) is 8.07. The van der Waals surface area contributed by atoms with Crippen molar-refractivity contribution >= 4 is 63.4 Å². The monoisotopic (exact) mass is 580 g/mol. The summed E-state index contributed by atoms with van der Waals surface area (Å²) in [6, 6.07) is 17.2. The molecule has 2 aromatic heterocycles. The maximum absolute atomic E-state index is 12.8. The number of benzene rings is 2. The number of nitrogens with zero attached hydrogens (tertiary/aromatic N) is 1. The van der Waals surface area contributed by atoms with Crippen molar-refractivity contribution in [3.8, 4) is 16.2 Å². The molecule has 1 unspecified atom stereocenters. The first kappa shape index (κ1) is 28.0. The average Bonchev–Trinajstić information content (AvgIpc) is 3.55. The molecular formula is C28H25ClN4O4S2. The number of amides is 3. The van der Waals surface area contributed by atoms with Gasteiger partial charge in [-0.1, -0.05) is 35.9 Å². The fraction of sp³-hybridized carbons (Fsp3) is 0.143. The van der Waals surface area contributed by atoms with Gasteiger partial charge in [-0.2, -0.15) is 5.10 Å². The number of hydrogen-bond acceptors (Lipinski definition) is 7. The molecule has 11 heteroatoms. The van der Waals surface area contributed by atoms with Crippen LogP contribution in [0.15, 0.2) is 71.1 Å². The maximum atomic E-state index is 12.8. The van der Waals surface area contributed by atoms with Crippen LogP contribution in [-0.4, -0.2) is 28.5 Å². The van der Waals surface area contributed by atoms with Crippen molar-refractivity contribution in [1.82, 2.24) is 10.7 Å². The number of hydrogen-bond donors (Lipinski definition) is 4. The van der Waals surface area contributed by atoms with E-state index in [0.29, 0.717) is 36.6 Å². The van der Waals surface area contributed by atoms with Gasteiger partial charge in [0, 0.05) is 23.0 Å². The minimum atomic E-state index is -0.465. The van der Waals surface area contributed by atoms with Crippen molar-refractivity contribution in [2.45, 2.75) is 26.8 Å². The van der Waals surface area contributed by atoms with Crippen LogP contribution in [0.25, 0.3) is 10.4 Å². The number of rotatable bonds is 8. The highest BCUT2D eigenvalue weighted by molar-refractivity contribution is 7.16. The molecule has 0 fully saturated rings. The molecule has 0 radical (unpaired) electrons. The van der Waals surface area contributed by atoms with Crippen LogP contribution in [0.3, 0.4) is 0 Å². The van der Waals surface area contributed by atoms with E-state index in [4.69, 9.17) is 11.6 Å². The van der Waals surface area contributed by atoms with Crippen molar-refractivity contribution in [2.24, 2.45) is 5.10 Å². The molecular weight excluding hydrogens is 556 g/mol. The summed E-state index contributed by atoms with van der Waals surface area (Å²) >= 11 is 8.36. The van der Waals surface area contributed by atoms with Gasteiger partial charge in [-0.3, -0.25) is 14.4 Å². The second-order valence-corrected chi connectivity index (χ2v) is 11.0. The average molecular weight is 581 g/mol. The Labute approximate surface area is 238 Å². The lowest BCUT2D eigenvalue weighted by Crippen LogP contribution is -2.25. The summed E-state index contributed by atoms with van der Waals surface area (Å²) in [6.07, 6.45) is 0. The van der Waals surface area contributed by atoms with Crippen molar-refractivity contribution in [1.29, 1.82) is 0 Å². The Hall–Kier alpha value is -3.99. The number of nitrogens with one attached hydrogen (secondary N) is 3. The molecule has 39 heavy (non-hydrogen) atoms. The standard InChI is InChI=1S/C28H25ClN4O4S2/c1-15(18-6-10-21(11-7-18)31-17(3)34)30-27(36)23-12-13-24(39-23)28(37)33-32-16(2)22-14-38-26(25(22)35)19-4-8-20(29)9-5-19/h4-15,35H,1-3H3,(H,30,36)(H,31,34)(H,33,37). The van der Waals surface area contributed by atoms with Gasteiger partial charge in [0.25, 0.3) is 11.8 Å². The highest BCUT2D eigenvalue weighted by Gasteiger charge is 2.18. The van der Waals surface area contributed by atoms with Crippen LogP contribution in [0.4, 0.5) is 5.69 Å². The van der Waals surface area contributed by atoms with Gasteiger partial charge in [0.1, 0.15) is 5.75 Å². The Kier molecular flexibility index (Phi) is 8.80. The fourth-order valence-corrected chi connectivity index (χ4v) is 5.59. The minimum Gasteiger partial charge on any atom is -0.506 e. The third kappa shape index (κ3) is 6.91. The van der Waals surface area contributed by atoms with Gasteiger partial charge in [-0.15, -0.1) is 22.7 Å². The molecule has 0 aliphatic rings. The molecule has 4 rings (SSSR count). The lowest BCUT2D eigenvalue weighted by Gasteiger charge is -2.14. The van der Waals surface area contributed by atoms with Gasteiger partial charge in [-0.05, 0) is 61.4 Å². The molecule has 4 N–H and O–H groups in total. The maximum Gasteiger partial charge on any atom is 0.281 e. The Morgan fingerprint density at radius 2 is 1.56 bits per heavy atom. The molecule has 0 saturated carbocycles. The van der Waals surface area contributed by atoms with Crippen LogP contribution in [-0.2, 0) is 4.79 Å². The summed E-state index contributed by atoms with van der Waals surface area (Å²) < 4.78 is 0. The predicted octanol–water partition coefficient (Wildman–Crippen LogP) is 6.44. The molecule has 0 saturated heterocycles. The smallest absolute Gasteiger partial charge is 0.281 e. The predicted molar refractivity (Wildman–Crippen MR) is 157 cm³/mol. The summed E-state index contributed by atoms with van der Waals surface area (Å²) in [5.41, 5.74) is 5.80. The summed E-state index contributed by atoms with van der Waals surface area (Å²) in [5, 5.41) is 22.8. The van der Waals surface area contributed by atoms with E-state index in [2.05, 4.69) is 21.2 Å². The molecule has 200 valence electrons. The number of anilines is 1. The second kappa shape index (κ2) is 12.2. The first-order chi connectivity index (χ1) is 18.6. The van der Waals surface area contributed by atoms with Crippen molar-refractivity contribution in [2.75, 3.05) is 5.32 Å². The van der Waals surface area contributed by atoms with Gasteiger partial charge in [0.2, 0.25) is 5.91 Å². The summed E-state index contributed by atoms with van der Waals surface area (Å²) in [6.45, 7) is 4.97. The van der Waals surface area contributed by atoms with Gasteiger partial charge in [0.05, 0.1) is 31.9 Å². The van der Waals surface area contributed by atoms with Crippen LogP contribution in [0.5, 0.6) is 5.75 Å². The van der Waals surface area contributed by atoms with Crippen LogP contribution < -0.4 is 16.1 Å². The van der Waals surface area contributed by atoms with E-state index in [9.17, 15) is 19.5 Å². The molecule has 2 heterocycles. The van der Waals surface area contributed by atoms with Crippen LogP contribution >= 0.6 is 34.3 Å². The zero-order valence-electron chi connectivity index (χ0n) is 21.2. The molecule has 0 spiro atoms. The van der Waals surface area contributed by atoms with Gasteiger partial charge in [0.15, 0.2) is 0 Å². The summed E-state index contributed by atoms with van der Waals surface area (Å²) in [5.74, 6) is -0.857. The number of aromatic hydroxyl groups is 1. The fourth-order valence-electron chi connectivity index (χ4n) is 3.66. The van der Waals surface area contributed by atoms with Crippen LogP contribution in [0.2, 0.25) is 5.02 Å². The minimum absolute atomic E-state index is 0.0757. The number of thiophene rings is 2. The summed E-state index contributed by atoms with van der Waals surface area (Å²) in [7, 11) is 0. The Morgan fingerprint density at radius 3 is 2.21 bits per heavy atom. The van der Waals surface area contributed by atoms with Gasteiger partial charge in [-0.25, -0.2) is 5.43 Å². The zero-order valence-corrected chi connectivity index (χ0v) is 23.6. The third-order valence-electron chi connectivity index (χ3n) is 5.72. The van der Waals surface area contributed by atoms with E-state index in [1.807, 2.05) is 31.2 Å². The lowest BCUT2D eigenvalue weighted by molar-refractivity contribution is -0.114. The largest absolute Gasteiger partial charge is 0.506 e. The van der Waals surface area contributed by atoms with E-state index < -0.39 is 5.91 Å². The first-order valence-corrected chi connectivity index (χ1v) is 13.9. The number of hydrazone groups is 1. The van der Waals surface area contributed by atoms with Gasteiger partial charge >= 0.3 is 0 Å². The number of carbonyl (C=O) groups excluding carboxylic acids is 3.